The maximum atomic E-state index is 13.2. The van der Waals surface area contributed by atoms with Crippen molar-refractivity contribution in [2.75, 3.05) is 27.4 Å². The molecule has 47 heavy (non-hydrogen) atoms. The molecule has 0 unspecified atom stereocenters. The van der Waals surface area contributed by atoms with Crippen molar-refractivity contribution in [3.05, 3.63) is 67.6 Å². The molecule has 0 aliphatic carbocycles. The van der Waals surface area contributed by atoms with E-state index in [4.69, 9.17) is 18.9 Å². The number of methoxy groups -OCH3 is 2. The first-order valence-electron chi connectivity index (χ1n) is 13.5. The van der Waals surface area contributed by atoms with Crippen molar-refractivity contribution < 1.29 is 64.2 Å². The number of rotatable bonds is 16. The number of unbranched alkanes of at least 4 members (excludes halogenated alkanes) is 2. The summed E-state index contributed by atoms with van der Waals surface area (Å²) in [7, 11) is -3.46. The highest BCUT2D eigenvalue weighted by atomic mass is 32.2. The molecule has 1 aliphatic heterocycles. The van der Waals surface area contributed by atoms with Crippen LogP contribution in [-0.2, 0) is 14.3 Å². The molecule has 20 heteroatoms. The molecule has 2 aromatic carbocycles. The van der Waals surface area contributed by atoms with Gasteiger partial charge in [0.1, 0.15) is 11.3 Å². The Morgan fingerprint density at radius 3 is 1.96 bits per heavy atom. The molecule has 2 aromatic rings. The van der Waals surface area contributed by atoms with Gasteiger partial charge in [0.05, 0.1) is 55.0 Å². The molecule has 0 saturated carbocycles. The number of ether oxygens (including phenoxy) is 4. The molecule has 1 amide bonds. The van der Waals surface area contributed by atoms with E-state index in [1.165, 1.54) is 27.2 Å². The van der Waals surface area contributed by atoms with Crippen molar-refractivity contribution in [1.29, 1.82) is 0 Å². The summed E-state index contributed by atoms with van der Waals surface area (Å²) in [4.78, 5) is 46.7. The van der Waals surface area contributed by atoms with Crippen molar-refractivity contribution >= 4 is 33.7 Å². The van der Waals surface area contributed by atoms with Crippen molar-refractivity contribution in [3.8, 4) is 23.0 Å². The fraction of sp³-hybridized carbons (Fsp3) is 0.407. The highest BCUT2D eigenvalue weighted by Crippen LogP contribution is 2.38. The quantitative estimate of drug-likeness (QED) is 0.0574. The van der Waals surface area contributed by atoms with Gasteiger partial charge in [0.25, 0.3) is 17.3 Å². The fourth-order valence-corrected chi connectivity index (χ4v) is 4.83. The molecule has 0 aromatic heterocycles. The molecule has 0 spiro atoms. The summed E-state index contributed by atoms with van der Waals surface area (Å²) in [5.74, 6) is -1.65. The van der Waals surface area contributed by atoms with Gasteiger partial charge in [-0.15, -0.1) is 0 Å². The number of benzene rings is 2. The number of hydrogen-bond donors (Lipinski definition) is 0. The van der Waals surface area contributed by atoms with Gasteiger partial charge in [-0.2, -0.15) is 21.6 Å². The lowest BCUT2D eigenvalue weighted by Crippen LogP contribution is -2.31. The Morgan fingerprint density at radius 1 is 0.936 bits per heavy atom. The normalized spacial score (nSPS) is 14.6. The molecule has 0 N–H and O–H groups in total. The van der Waals surface area contributed by atoms with Gasteiger partial charge in [-0.1, -0.05) is 0 Å². The number of nitrogens with zero attached hydrogens (tertiary/aromatic N) is 3. The van der Waals surface area contributed by atoms with Crippen LogP contribution in [0, 0.1) is 20.2 Å². The second-order valence-corrected chi connectivity index (χ2v) is 11.4. The molecule has 0 saturated heterocycles. The molecule has 3 rings (SSSR count). The number of amides is 1. The Balaban J connectivity index is 1.65. The minimum atomic E-state index is -5.99. The minimum absolute atomic E-state index is 0.0455. The van der Waals surface area contributed by atoms with E-state index in [9.17, 15) is 51.4 Å². The molecule has 1 aliphatic rings. The number of hydrogen-bond acceptors (Lipinski definition) is 13. The van der Waals surface area contributed by atoms with Crippen molar-refractivity contribution in [1.82, 2.24) is 4.90 Å². The molecule has 0 fully saturated rings. The number of carbonyl (C=O) groups is 2. The van der Waals surface area contributed by atoms with E-state index in [0.717, 1.165) is 29.3 Å². The van der Waals surface area contributed by atoms with E-state index < -0.39 is 66.5 Å². The van der Waals surface area contributed by atoms with E-state index in [1.54, 1.807) is 0 Å². The van der Waals surface area contributed by atoms with Crippen LogP contribution in [0.25, 0.3) is 0 Å². The lowest BCUT2D eigenvalue weighted by Gasteiger charge is -2.20. The number of nitro groups is 2. The number of aldehydes is 1. The number of alkyl halides is 3. The number of halogens is 3. The smallest absolute Gasteiger partial charge is 0.493 e. The summed E-state index contributed by atoms with van der Waals surface area (Å²) in [6, 6.07) is 3.36. The summed E-state index contributed by atoms with van der Waals surface area (Å²) >= 11 is 0. The van der Waals surface area contributed by atoms with E-state index >= 15 is 0 Å². The van der Waals surface area contributed by atoms with Crippen LogP contribution in [0.1, 0.15) is 53.3 Å². The van der Waals surface area contributed by atoms with Gasteiger partial charge in [-0.25, -0.2) is 0 Å². The first-order chi connectivity index (χ1) is 22.0. The maximum Gasteiger partial charge on any atom is 0.534 e. The zero-order chi connectivity index (χ0) is 35.1. The third kappa shape index (κ3) is 8.57. The Hall–Kier alpha value is -5.14. The minimum Gasteiger partial charge on any atom is -0.493 e. The Bertz CT molecular complexity index is 1680. The van der Waals surface area contributed by atoms with Gasteiger partial charge in [0.15, 0.2) is 29.3 Å². The first-order valence-corrected chi connectivity index (χ1v) is 14.9. The third-order valence-corrected chi connectivity index (χ3v) is 7.64. The van der Waals surface area contributed by atoms with Crippen LogP contribution in [-0.4, -0.2) is 74.3 Å². The summed E-state index contributed by atoms with van der Waals surface area (Å²) in [6.45, 7) is 1.54. The molecule has 0 bridgehead atoms. The predicted octanol–water partition coefficient (Wildman–Crippen LogP) is 4.90. The second kappa shape index (κ2) is 15.0. The topological polar surface area (TPSA) is 204 Å². The average molecular weight is 692 g/mol. The molecule has 1 heterocycles. The van der Waals surface area contributed by atoms with E-state index in [0.29, 0.717) is 25.5 Å². The molecule has 16 nitrogen and oxygen atoms in total. The van der Waals surface area contributed by atoms with Gasteiger partial charge in [-0.3, -0.25) is 29.8 Å². The highest BCUT2D eigenvalue weighted by Gasteiger charge is 2.49. The Kier molecular flexibility index (Phi) is 11.6. The van der Waals surface area contributed by atoms with Gasteiger partial charge >= 0.3 is 15.6 Å². The summed E-state index contributed by atoms with van der Waals surface area (Å²) in [5, 5.41) is 23.1. The highest BCUT2D eigenvalue weighted by molar-refractivity contribution is 7.87. The van der Waals surface area contributed by atoms with E-state index in [-0.39, 0.29) is 41.8 Å². The zero-order valence-corrected chi connectivity index (χ0v) is 25.8. The largest absolute Gasteiger partial charge is 0.534 e. The second-order valence-electron chi connectivity index (χ2n) is 9.82. The van der Waals surface area contributed by atoms with E-state index in [2.05, 4.69) is 4.18 Å². The Morgan fingerprint density at radius 2 is 1.47 bits per heavy atom. The summed E-state index contributed by atoms with van der Waals surface area (Å²) in [6.07, 6.45) is 2.05. The maximum absolute atomic E-state index is 13.2. The van der Waals surface area contributed by atoms with Gasteiger partial charge < -0.3 is 28.0 Å². The van der Waals surface area contributed by atoms with Crippen molar-refractivity contribution in [2.45, 2.75) is 44.2 Å². The summed E-state index contributed by atoms with van der Waals surface area (Å²) in [5.41, 5.74) is -7.53. The predicted molar refractivity (Wildman–Crippen MR) is 154 cm³/mol. The van der Waals surface area contributed by atoms with Crippen LogP contribution >= 0.6 is 0 Å². The SMILES string of the molecule is COc1cc(C=O)c([N+](=O)[O-])cc1OCCCCCOc1cc([N+](=O)[O-])c(C(=O)N2C=C(OS(=O)(=O)C(F)(F)F)C[C@H]2C)cc1OC. The molecule has 256 valence electrons. The van der Waals surface area contributed by atoms with E-state index in [1.807, 2.05) is 0 Å². The first kappa shape index (κ1) is 36.3. The molecule has 0 radical (unpaired) electrons. The third-order valence-electron chi connectivity index (χ3n) is 6.64. The number of carbonyl (C=O) groups excluding carboxylic acids is 2. The van der Waals surface area contributed by atoms with Gasteiger partial charge in [0, 0.05) is 30.8 Å². The van der Waals surface area contributed by atoms with Crippen molar-refractivity contribution in [2.24, 2.45) is 0 Å². The molecular weight excluding hydrogens is 663 g/mol. The molecule has 1 atom stereocenters. The molecular formula is C27H28F3N3O13S. The zero-order valence-electron chi connectivity index (χ0n) is 25.0. The lowest BCUT2D eigenvalue weighted by atomic mass is 10.1. The average Bonchev–Trinajstić information content (AvgIpc) is 3.37. The number of nitro benzene ring substituents is 2. The van der Waals surface area contributed by atoms with Crippen molar-refractivity contribution in [3.63, 3.8) is 0 Å². The van der Waals surface area contributed by atoms with Crippen LogP contribution in [0.15, 0.2) is 36.2 Å². The monoisotopic (exact) mass is 691 g/mol. The summed E-state index contributed by atoms with van der Waals surface area (Å²) < 4.78 is 86.6. The fourth-order valence-electron chi connectivity index (χ4n) is 4.34. The Labute approximate surface area is 265 Å². The van der Waals surface area contributed by atoms with Crippen LogP contribution in [0.4, 0.5) is 24.5 Å². The van der Waals surface area contributed by atoms with Gasteiger partial charge in [0.2, 0.25) is 0 Å². The van der Waals surface area contributed by atoms with Crippen LogP contribution in [0.2, 0.25) is 0 Å². The van der Waals surface area contributed by atoms with Crippen LogP contribution in [0.3, 0.4) is 0 Å². The van der Waals surface area contributed by atoms with Crippen LogP contribution < -0.4 is 18.9 Å². The van der Waals surface area contributed by atoms with Gasteiger partial charge in [-0.05, 0) is 26.2 Å². The standard InChI is InChI=1S/C27H28F3N3O13S/c1-16-9-18(46-47(40,41)27(28,29)30)14-31(16)26(35)19-11-23(43-3)25(13-21(19)33(38)39)45-8-6-4-5-7-44-24-12-20(32(36)37)17(15-34)10-22(24)42-2/h10-16H,4-9H2,1-3H3/t16-/m1/s1. The van der Waals surface area contributed by atoms with Crippen LogP contribution in [0.5, 0.6) is 23.0 Å². The lowest BCUT2D eigenvalue weighted by molar-refractivity contribution is -0.385.